The van der Waals surface area contributed by atoms with E-state index in [-0.39, 0.29) is 12.6 Å². The number of benzene rings is 1. The number of nitrogens with two attached hydrogens (primary N) is 1. The Kier molecular flexibility index (Phi) is 8.66. The Hall–Kier alpha value is -1.04. The van der Waals surface area contributed by atoms with E-state index in [0.29, 0.717) is 5.69 Å². The number of anilines is 1. The van der Waals surface area contributed by atoms with Crippen LogP contribution in [-0.4, -0.2) is 32.8 Å². The summed E-state index contributed by atoms with van der Waals surface area (Å²) < 4.78 is 0. The molecule has 7 heteroatoms. The normalized spacial score (nSPS) is 12.9. The zero-order valence-corrected chi connectivity index (χ0v) is 14.5. The molecule has 1 rings (SSSR count). The van der Waals surface area contributed by atoms with Crippen molar-refractivity contribution in [2.24, 2.45) is 5.73 Å². The molecule has 1 atom stereocenters. The van der Waals surface area contributed by atoms with Crippen molar-refractivity contribution in [2.75, 3.05) is 11.5 Å². The monoisotopic (exact) mass is 343 g/mol. The Balaban J connectivity index is 2.48. The van der Waals surface area contributed by atoms with Crippen LogP contribution in [0.5, 0.6) is 0 Å². The second-order valence-corrected chi connectivity index (χ2v) is 7.64. The molecule has 0 unspecified atom stereocenters. The zero-order valence-electron chi connectivity index (χ0n) is 13.6. The van der Waals surface area contributed by atoms with Gasteiger partial charge in [0.15, 0.2) is 0 Å². The fourth-order valence-electron chi connectivity index (χ4n) is 2.24. The van der Waals surface area contributed by atoms with E-state index < -0.39 is 19.9 Å². The van der Waals surface area contributed by atoms with E-state index in [0.717, 1.165) is 12.8 Å². The fourth-order valence-corrected chi connectivity index (χ4v) is 2.86. The van der Waals surface area contributed by atoms with E-state index in [9.17, 15) is 4.79 Å². The molecule has 0 heterocycles. The molecule has 0 bridgehead atoms. The lowest BCUT2D eigenvalue weighted by Gasteiger charge is -2.13. The van der Waals surface area contributed by atoms with Crippen LogP contribution in [0.1, 0.15) is 44.6 Å². The van der Waals surface area contributed by atoms with Gasteiger partial charge < -0.3 is 11.1 Å². The standard InChI is InChI=1S/C16H27N2O4P/c1-2-3-4-5-7-13-8-6-9-14(12-13)18-16(19)15(17)10-11-23(20,21)22/h6,8-9,12,15,20-22H,2-5,7,10-11,17H2,1H3/p+1/t15-/m1/s1. The van der Waals surface area contributed by atoms with E-state index in [1.54, 1.807) is 6.07 Å². The van der Waals surface area contributed by atoms with Crippen molar-refractivity contribution >= 4 is 19.5 Å². The van der Waals surface area contributed by atoms with E-state index in [2.05, 4.69) is 12.2 Å². The number of hydrogen-bond acceptors (Lipinski definition) is 5. The Morgan fingerprint density at radius 2 is 2.00 bits per heavy atom. The Bertz CT molecular complexity index is 491. The molecule has 1 aromatic carbocycles. The van der Waals surface area contributed by atoms with Gasteiger partial charge in [-0.2, -0.15) is 14.7 Å². The smallest absolute Gasteiger partial charge is 0.325 e. The zero-order chi connectivity index (χ0) is 17.3. The van der Waals surface area contributed by atoms with Crippen LogP contribution in [0.25, 0.3) is 0 Å². The SMILES string of the molecule is CCCCCCc1cccc(NC(=O)[C@H](N)CC[P+](O)(O)O)c1. The average Bonchev–Trinajstić information content (AvgIpc) is 2.49. The van der Waals surface area contributed by atoms with E-state index >= 15 is 0 Å². The summed E-state index contributed by atoms with van der Waals surface area (Å²) in [6, 6.07) is 6.75. The average molecular weight is 343 g/mol. The van der Waals surface area contributed by atoms with Crippen molar-refractivity contribution in [3.63, 3.8) is 0 Å². The summed E-state index contributed by atoms with van der Waals surface area (Å²) in [4.78, 5) is 38.8. The summed E-state index contributed by atoms with van der Waals surface area (Å²) in [5.74, 6) is -0.401. The highest BCUT2D eigenvalue weighted by molar-refractivity contribution is 7.58. The summed E-state index contributed by atoms with van der Waals surface area (Å²) in [6.07, 6.45) is 5.47. The molecular weight excluding hydrogens is 315 g/mol. The highest BCUT2D eigenvalue weighted by atomic mass is 31.2. The van der Waals surface area contributed by atoms with Crippen molar-refractivity contribution in [3.05, 3.63) is 29.8 Å². The van der Waals surface area contributed by atoms with Gasteiger partial charge >= 0.3 is 7.94 Å². The number of nitrogens with one attached hydrogen (secondary N) is 1. The van der Waals surface area contributed by atoms with Crippen LogP contribution in [-0.2, 0) is 11.2 Å². The third-order valence-corrected chi connectivity index (χ3v) is 4.45. The number of carbonyl (C=O) groups excluding carboxylic acids is 1. The maximum absolute atomic E-state index is 12.0. The van der Waals surface area contributed by atoms with Gasteiger partial charge in [-0.25, -0.2) is 0 Å². The molecule has 1 aromatic rings. The summed E-state index contributed by atoms with van der Waals surface area (Å²) >= 11 is 0. The van der Waals surface area contributed by atoms with Crippen LogP contribution in [0.4, 0.5) is 5.69 Å². The predicted molar refractivity (Wildman–Crippen MR) is 94.0 cm³/mol. The lowest BCUT2D eigenvalue weighted by atomic mass is 10.1. The Morgan fingerprint density at radius 1 is 1.26 bits per heavy atom. The van der Waals surface area contributed by atoms with Crippen LogP contribution in [0.2, 0.25) is 0 Å². The Morgan fingerprint density at radius 3 is 2.65 bits per heavy atom. The molecule has 0 aliphatic carbocycles. The first kappa shape index (κ1) is 20.0. The summed E-state index contributed by atoms with van der Waals surface area (Å²) in [7, 11) is -3.88. The van der Waals surface area contributed by atoms with Gasteiger partial charge in [-0.15, -0.1) is 0 Å². The third kappa shape index (κ3) is 8.98. The van der Waals surface area contributed by atoms with Gasteiger partial charge in [0.05, 0.1) is 6.04 Å². The predicted octanol–water partition coefficient (Wildman–Crippen LogP) is 2.20. The Labute approximate surface area is 138 Å². The first-order valence-electron chi connectivity index (χ1n) is 8.03. The molecule has 0 fully saturated rings. The van der Waals surface area contributed by atoms with Crippen LogP contribution >= 0.6 is 7.94 Å². The second-order valence-electron chi connectivity index (χ2n) is 5.81. The molecule has 6 nitrogen and oxygen atoms in total. The van der Waals surface area contributed by atoms with Crippen LogP contribution in [0.15, 0.2) is 24.3 Å². The van der Waals surface area contributed by atoms with Gasteiger partial charge in [0.25, 0.3) is 0 Å². The highest BCUT2D eigenvalue weighted by Gasteiger charge is 2.31. The van der Waals surface area contributed by atoms with Crippen molar-refractivity contribution in [3.8, 4) is 0 Å². The molecular formula is C16H28N2O4P+. The molecule has 130 valence electrons. The molecule has 0 radical (unpaired) electrons. The molecule has 0 aliphatic heterocycles. The number of rotatable bonds is 10. The van der Waals surface area contributed by atoms with Gasteiger partial charge in [-0.3, -0.25) is 4.79 Å². The van der Waals surface area contributed by atoms with Gasteiger partial charge in [-0.05, 0) is 30.5 Å². The van der Waals surface area contributed by atoms with E-state index in [1.807, 2.05) is 18.2 Å². The van der Waals surface area contributed by atoms with Crippen molar-refractivity contribution in [1.82, 2.24) is 0 Å². The number of hydrogen-bond donors (Lipinski definition) is 5. The lowest BCUT2D eigenvalue weighted by molar-refractivity contribution is -0.117. The largest absolute Gasteiger partial charge is 0.403 e. The first-order chi connectivity index (χ1) is 10.8. The lowest BCUT2D eigenvalue weighted by Crippen LogP contribution is -2.36. The van der Waals surface area contributed by atoms with Crippen molar-refractivity contribution < 1.29 is 19.5 Å². The topological polar surface area (TPSA) is 116 Å². The maximum atomic E-state index is 12.0. The molecule has 0 saturated carbocycles. The highest BCUT2D eigenvalue weighted by Crippen LogP contribution is 2.44. The molecule has 6 N–H and O–H groups in total. The fraction of sp³-hybridized carbons (Fsp3) is 0.562. The number of amides is 1. The summed E-state index contributed by atoms with van der Waals surface area (Å²) in [6.45, 7) is 2.18. The molecule has 0 aromatic heterocycles. The second kappa shape index (κ2) is 9.96. The summed E-state index contributed by atoms with van der Waals surface area (Å²) in [5.41, 5.74) is 7.54. The molecule has 0 saturated heterocycles. The van der Waals surface area contributed by atoms with Crippen LogP contribution < -0.4 is 11.1 Å². The quantitative estimate of drug-likeness (QED) is 0.330. The van der Waals surface area contributed by atoms with Gasteiger partial charge in [0.2, 0.25) is 5.91 Å². The number of aryl methyl sites for hydroxylation is 1. The van der Waals surface area contributed by atoms with E-state index in [1.165, 1.54) is 24.8 Å². The van der Waals surface area contributed by atoms with Crippen molar-refractivity contribution in [2.45, 2.75) is 51.5 Å². The van der Waals surface area contributed by atoms with Crippen molar-refractivity contribution in [1.29, 1.82) is 0 Å². The van der Waals surface area contributed by atoms with Gasteiger partial charge in [-0.1, -0.05) is 38.3 Å². The minimum atomic E-state index is -3.88. The number of unbranched alkanes of at least 4 members (excludes halogenated alkanes) is 3. The van der Waals surface area contributed by atoms with E-state index in [4.69, 9.17) is 20.4 Å². The maximum Gasteiger partial charge on any atom is 0.403 e. The first-order valence-corrected chi connectivity index (χ1v) is 9.87. The molecule has 1 amide bonds. The third-order valence-electron chi connectivity index (χ3n) is 3.59. The summed E-state index contributed by atoms with van der Waals surface area (Å²) in [5, 5.41) is 2.72. The molecule has 23 heavy (non-hydrogen) atoms. The van der Waals surface area contributed by atoms with Gasteiger partial charge in [0.1, 0.15) is 6.16 Å². The van der Waals surface area contributed by atoms with Crippen LogP contribution in [0, 0.1) is 0 Å². The minimum Gasteiger partial charge on any atom is -0.325 e. The molecule has 0 spiro atoms. The number of carbonyl (C=O) groups is 1. The molecule has 0 aliphatic rings. The van der Waals surface area contributed by atoms with Gasteiger partial charge in [0, 0.05) is 12.1 Å². The van der Waals surface area contributed by atoms with Crippen LogP contribution in [0.3, 0.4) is 0 Å². The minimum absolute atomic E-state index is 0.0137.